The third kappa shape index (κ3) is 6.70. The van der Waals surface area contributed by atoms with Gasteiger partial charge in [-0.1, -0.05) is 24.3 Å². The lowest BCUT2D eigenvalue weighted by molar-refractivity contribution is -0.120. The van der Waals surface area contributed by atoms with Crippen LogP contribution in [0.15, 0.2) is 48.5 Å². The molecule has 1 unspecified atom stereocenters. The van der Waals surface area contributed by atoms with Crippen molar-refractivity contribution in [3.8, 4) is 5.75 Å². The van der Waals surface area contributed by atoms with Crippen molar-refractivity contribution < 1.29 is 14.3 Å². The van der Waals surface area contributed by atoms with Crippen LogP contribution in [0, 0.1) is 6.92 Å². The Bertz CT molecular complexity index is 807. The number of anilines is 2. The first-order valence-electron chi connectivity index (χ1n) is 9.44. The number of para-hydroxylation sites is 1. The molecule has 0 aliphatic rings. The van der Waals surface area contributed by atoms with E-state index in [0.29, 0.717) is 18.0 Å². The number of aryl methyl sites for hydroxylation is 1. The van der Waals surface area contributed by atoms with Gasteiger partial charge in [0.25, 0.3) is 0 Å². The van der Waals surface area contributed by atoms with Crippen LogP contribution in [0.3, 0.4) is 0 Å². The fourth-order valence-electron chi connectivity index (χ4n) is 2.73. The van der Waals surface area contributed by atoms with Gasteiger partial charge in [0.2, 0.25) is 11.8 Å². The number of benzene rings is 2. The standard InChI is InChI=1S/C22H29N3O3/c1-16-9-5-6-12-21(16)28-14-8-13-25(4)17(2)22(27)24-20-11-7-10-19(15-20)23-18(3)26/h5-7,9-12,15,17H,8,13-14H2,1-4H3,(H,23,26)(H,24,27). The zero-order valence-corrected chi connectivity index (χ0v) is 17.0. The first-order chi connectivity index (χ1) is 13.4. The summed E-state index contributed by atoms with van der Waals surface area (Å²) in [5, 5.41) is 5.60. The number of amides is 2. The quantitative estimate of drug-likeness (QED) is 0.648. The fourth-order valence-corrected chi connectivity index (χ4v) is 2.73. The van der Waals surface area contributed by atoms with E-state index >= 15 is 0 Å². The first kappa shape index (κ1) is 21.4. The lowest BCUT2D eigenvalue weighted by Gasteiger charge is -2.24. The predicted molar refractivity (Wildman–Crippen MR) is 113 cm³/mol. The van der Waals surface area contributed by atoms with Crippen LogP contribution < -0.4 is 15.4 Å². The van der Waals surface area contributed by atoms with Crippen molar-refractivity contribution in [1.29, 1.82) is 0 Å². The van der Waals surface area contributed by atoms with Gasteiger partial charge in [-0.15, -0.1) is 0 Å². The Morgan fingerprint density at radius 2 is 1.75 bits per heavy atom. The molecule has 0 bridgehead atoms. The third-order valence-electron chi connectivity index (χ3n) is 4.50. The van der Waals surface area contributed by atoms with Gasteiger partial charge in [-0.2, -0.15) is 0 Å². The molecule has 2 aromatic carbocycles. The second-order valence-corrected chi connectivity index (χ2v) is 6.88. The monoisotopic (exact) mass is 383 g/mol. The topological polar surface area (TPSA) is 70.7 Å². The minimum Gasteiger partial charge on any atom is -0.493 e. The summed E-state index contributed by atoms with van der Waals surface area (Å²) in [5.74, 6) is 0.654. The van der Waals surface area contributed by atoms with Crippen molar-refractivity contribution in [3.05, 3.63) is 54.1 Å². The fraction of sp³-hybridized carbons (Fsp3) is 0.364. The van der Waals surface area contributed by atoms with E-state index in [4.69, 9.17) is 4.74 Å². The predicted octanol–water partition coefficient (Wildman–Crippen LogP) is 3.68. The Hall–Kier alpha value is -2.86. The second kappa shape index (κ2) is 10.5. The molecule has 2 rings (SSSR count). The number of hydrogen-bond acceptors (Lipinski definition) is 4. The highest BCUT2D eigenvalue weighted by Crippen LogP contribution is 2.17. The highest BCUT2D eigenvalue weighted by Gasteiger charge is 2.18. The Labute approximate surface area is 166 Å². The van der Waals surface area contributed by atoms with Crippen LogP contribution in [-0.4, -0.2) is 43.0 Å². The molecule has 0 spiro atoms. The number of ether oxygens (including phenoxy) is 1. The Morgan fingerprint density at radius 3 is 2.43 bits per heavy atom. The molecule has 0 aliphatic heterocycles. The molecule has 2 amide bonds. The maximum atomic E-state index is 12.5. The highest BCUT2D eigenvalue weighted by molar-refractivity contribution is 5.96. The van der Waals surface area contributed by atoms with Crippen LogP contribution in [0.25, 0.3) is 0 Å². The Balaban J connectivity index is 1.78. The largest absolute Gasteiger partial charge is 0.493 e. The average Bonchev–Trinajstić information content (AvgIpc) is 2.65. The van der Waals surface area contributed by atoms with Crippen LogP contribution in [0.4, 0.5) is 11.4 Å². The molecule has 150 valence electrons. The van der Waals surface area contributed by atoms with Crippen molar-refractivity contribution in [3.63, 3.8) is 0 Å². The lowest BCUT2D eigenvalue weighted by Crippen LogP contribution is -2.40. The van der Waals surface area contributed by atoms with Crippen molar-refractivity contribution in [1.82, 2.24) is 4.90 Å². The number of rotatable bonds is 9. The zero-order valence-electron chi connectivity index (χ0n) is 17.0. The molecular weight excluding hydrogens is 354 g/mol. The second-order valence-electron chi connectivity index (χ2n) is 6.88. The van der Waals surface area contributed by atoms with E-state index in [-0.39, 0.29) is 17.9 Å². The van der Waals surface area contributed by atoms with Gasteiger partial charge in [0, 0.05) is 24.8 Å². The van der Waals surface area contributed by atoms with Gasteiger partial charge in [0.1, 0.15) is 5.75 Å². The number of likely N-dealkylation sites (N-methyl/N-ethyl adjacent to an activating group) is 1. The number of carbonyl (C=O) groups is 2. The van der Waals surface area contributed by atoms with Crippen LogP contribution in [0.2, 0.25) is 0 Å². The van der Waals surface area contributed by atoms with E-state index in [9.17, 15) is 9.59 Å². The summed E-state index contributed by atoms with van der Waals surface area (Å²) >= 11 is 0. The zero-order chi connectivity index (χ0) is 20.5. The molecule has 0 aliphatic carbocycles. The number of nitrogens with zero attached hydrogens (tertiary/aromatic N) is 1. The molecular formula is C22H29N3O3. The van der Waals surface area contributed by atoms with Crippen molar-refractivity contribution in [2.75, 3.05) is 30.8 Å². The van der Waals surface area contributed by atoms with Crippen LogP contribution in [-0.2, 0) is 9.59 Å². The highest BCUT2D eigenvalue weighted by atomic mass is 16.5. The first-order valence-corrected chi connectivity index (χ1v) is 9.44. The summed E-state index contributed by atoms with van der Waals surface area (Å²) < 4.78 is 5.81. The van der Waals surface area contributed by atoms with Gasteiger partial charge in [0.05, 0.1) is 12.6 Å². The van der Waals surface area contributed by atoms with Crippen molar-refractivity contribution in [2.45, 2.75) is 33.2 Å². The summed E-state index contributed by atoms with van der Waals surface area (Å²) in [6, 6.07) is 14.7. The number of nitrogens with one attached hydrogen (secondary N) is 2. The molecule has 2 aromatic rings. The number of carbonyl (C=O) groups excluding carboxylic acids is 2. The molecule has 0 saturated heterocycles. The van der Waals surface area contributed by atoms with E-state index in [2.05, 4.69) is 10.6 Å². The molecule has 6 nitrogen and oxygen atoms in total. The van der Waals surface area contributed by atoms with Crippen LogP contribution >= 0.6 is 0 Å². The van der Waals surface area contributed by atoms with Crippen LogP contribution in [0.1, 0.15) is 25.8 Å². The number of hydrogen-bond donors (Lipinski definition) is 2. The van der Waals surface area contributed by atoms with E-state index in [1.54, 1.807) is 24.3 Å². The Morgan fingerprint density at radius 1 is 1.07 bits per heavy atom. The molecule has 28 heavy (non-hydrogen) atoms. The summed E-state index contributed by atoms with van der Waals surface area (Å²) in [6.45, 7) is 6.68. The van der Waals surface area contributed by atoms with Gasteiger partial charge in [-0.05, 0) is 57.1 Å². The lowest BCUT2D eigenvalue weighted by atomic mass is 10.2. The van der Waals surface area contributed by atoms with E-state index in [0.717, 1.165) is 24.3 Å². The maximum absolute atomic E-state index is 12.5. The molecule has 0 saturated carbocycles. The minimum atomic E-state index is -0.289. The maximum Gasteiger partial charge on any atom is 0.241 e. The van der Waals surface area contributed by atoms with E-state index in [1.807, 2.05) is 50.1 Å². The van der Waals surface area contributed by atoms with Crippen molar-refractivity contribution in [2.24, 2.45) is 0 Å². The molecule has 1 atom stereocenters. The van der Waals surface area contributed by atoms with Crippen molar-refractivity contribution >= 4 is 23.2 Å². The summed E-state index contributed by atoms with van der Waals surface area (Å²) in [7, 11) is 1.92. The molecule has 0 aromatic heterocycles. The summed E-state index contributed by atoms with van der Waals surface area (Å²) in [5.41, 5.74) is 2.42. The SMILES string of the molecule is CC(=O)Nc1cccc(NC(=O)C(C)N(C)CCCOc2ccccc2C)c1. The van der Waals surface area contributed by atoms with Gasteiger partial charge in [-0.25, -0.2) is 0 Å². The van der Waals surface area contributed by atoms with Gasteiger partial charge in [0.15, 0.2) is 0 Å². The minimum absolute atomic E-state index is 0.0951. The smallest absolute Gasteiger partial charge is 0.241 e. The Kier molecular flexibility index (Phi) is 8.02. The summed E-state index contributed by atoms with van der Waals surface area (Å²) in [4.78, 5) is 25.7. The molecule has 0 fully saturated rings. The molecule has 0 radical (unpaired) electrons. The molecule has 0 heterocycles. The van der Waals surface area contributed by atoms with E-state index < -0.39 is 0 Å². The molecule has 6 heteroatoms. The van der Waals surface area contributed by atoms with Crippen LogP contribution in [0.5, 0.6) is 5.75 Å². The average molecular weight is 383 g/mol. The van der Waals surface area contributed by atoms with Gasteiger partial charge in [-0.3, -0.25) is 14.5 Å². The normalized spacial score (nSPS) is 11.8. The van der Waals surface area contributed by atoms with Gasteiger partial charge >= 0.3 is 0 Å². The third-order valence-corrected chi connectivity index (χ3v) is 4.50. The van der Waals surface area contributed by atoms with E-state index in [1.165, 1.54) is 6.92 Å². The molecule has 2 N–H and O–H groups in total. The summed E-state index contributed by atoms with van der Waals surface area (Å²) in [6.07, 6.45) is 0.820. The van der Waals surface area contributed by atoms with Gasteiger partial charge < -0.3 is 15.4 Å².